The van der Waals surface area contributed by atoms with Crippen molar-refractivity contribution in [2.24, 2.45) is 17.1 Å². The summed E-state index contributed by atoms with van der Waals surface area (Å²) < 4.78 is 23.0. The molecule has 0 heterocycles. The fraction of sp³-hybridized carbons (Fsp3) is 1.00. The van der Waals surface area contributed by atoms with E-state index in [1.54, 1.807) is 6.92 Å². The molecule has 0 aromatic heterocycles. The summed E-state index contributed by atoms with van der Waals surface area (Å²) in [7, 11) is -2.84. The lowest BCUT2D eigenvalue weighted by molar-refractivity contribution is 0.129. The molecule has 0 saturated heterocycles. The first-order valence-electron chi connectivity index (χ1n) is 7.57. The Bertz CT molecular complexity index is 373. The highest BCUT2D eigenvalue weighted by Gasteiger charge is 2.35. The monoisotopic (exact) mass is 289 g/mol. The zero-order chi connectivity index (χ0) is 14.7. The summed E-state index contributed by atoms with van der Waals surface area (Å²) in [5.41, 5.74) is 6.69. The van der Waals surface area contributed by atoms with Crippen LogP contribution in [-0.4, -0.2) is 25.5 Å². The van der Waals surface area contributed by atoms with Gasteiger partial charge in [0, 0.05) is 11.3 Å². The minimum atomic E-state index is -2.84. The Morgan fingerprint density at radius 3 is 2.16 bits per heavy atom. The molecule has 19 heavy (non-hydrogen) atoms. The Hall–Kier alpha value is -0.0900. The van der Waals surface area contributed by atoms with Crippen molar-refractivity contribution >= 4 is 9.84 Å². The standard InChI is InChI=1S/C15H31NO2S/c1-5-19(17,18)12-6-9-15(16)10-7-13(8-11-15)14(2,3)4/h13H,5-12,16H2,1-4H3. The molecule has 0 radical (unpaired) electrons. The van der Waals surface area contributed by atoms with E-state index in [4.69, 9.17) is 5.73 Å². The van der Waals surface area contributed by atoms with Crippen LogP contribution in [0.15, 0.2) is 0 Å². The van der Waals surface area contributed by atoms with Crippen LogP contribution in [0.5, 0.6) is 0 Å². The van der Waals surface area contributed by atoms with Crippen molar-refractivity contribution in [1.82, 2.24) is 0 Å². The summed E-state index contributed by atoms with van der Waals surface area (Å²) in [6, 6.07) is 0. The van der Waals surface area contributed by atoms with Crippen molar-refractivity contribution < 1.29 is 8.42 Å². The Morgan fingerprint density at radius 2 is 1.74 bits per heavy atom. The SMILES string of the molecule is CCS(=O)(=O)CCCC1(N)CCC(C(C)(C)C)CC1. The largest absolute Gasteiger partial charge is 0.325 e. The lowest BCUT2D eigenvalue weighted by atomic mass is 9.66. The quantitative estimate of drug-likeness (QED) is 0.846. The van der Waals surface area contributed by atoms with E-state index in [2.05, 4.69) is 20.8 Å². The topological polar surface area (TPSA) is 60.2 Å². The highest BCUT2D eigenvalue weighted by molar-refractivity contribution is 7.91. The maximum absolute atomic E-state index is 11.5. The summed E-state index contributed by atoms with van der Waals surface area (Å²) in [5, 5.41) is 0. The molecule has 1 rings (SSSR count). The van der Waals surface area contributed by atoms with Gasteiger partial charge in [-0.2, -0.15) is 0 Å². The third kappa shape index (κ3) is 5.42. The van der Waals surface area contributed by atoms with Crippen LogP contribution < -0.4 is 5.73 Å². The molecule has 4 heteroatoms. The van der Waals surface area contributed by atoms with Crippen LogP contribution >= 0.6 is 0 Å². The van der Waals surface area contributed by atoms with Crippen molar-refractivity contribution in [2.45, 2.75) is 71.8 Å². The fourth-order valence-electron chi connectivity index (χ4n) is 3.10. The maximum Gasteiger partial charge on any atom is 0.150 e. The number of hydrogen-bond acceptors (Lipinski definition) is 3. The Morgan fingerprint density at radius 1 is 1.21 bits per heavy atom. The van der Waals surface area contributed by atoms with E-state index in [-0.39, 0.29) is 11.3 Å². The number of hydrogen-bond donors (Lipinski definition) is 1. The number of sulfone groups is 1. The van der Waals surface area contributed by atoms with Crippen molar-refractivity contribution in [3.05, 3.63) is 0 Å². The number of nitrogens with two attached hydrogens (primary N) is 1. The van der Waals surface area contributed by atoms with E-state index in [0.717, 1.165) is 25.2 Å². The van der Waals surface area contributed by atoms with Gasteiger partial charge in [-0.3, -0.25) is 0 Å². The third-order valence-electron chi connectivity index (χ3n) is 4.78. The summed E-state index contributed by atoms with van der Waals surface area (Å²) >= 11 is 0. The van der Waals surface area contributed by atoms with Crippen molar-refractivity contribution in [1.29, 1.82) is 0 Å². The molecule has 0 aliphatic heterocycles. The van der Waals surface area contributed by atoms with Crippen molar-refractivity contribution in [3.63, 3.8) is 0 Å². The van der Waals surface area contributed by atoms with Gasteiger partial charge >= 0.3 is 0 Å². The van der Waals surface area contributed by atoms with Gasteiger partial charge in [0.15, 0.2) is 0 Å². The van der Waals surface area contributed by atoms with Crippen LogP contribution in [0.1, 0.15) is 66.2 Å². The predicted molar refractivity (Wildman–Crippen MR) is 81.9 cm³/mol. The minimum absolute atomic E-state index is 0.120. The Kier molecular flexibility index (Phi) is 5.47. The molecule has 0 amide bonds. The van der Waals surface area contributed by atoms with Crippen LogP contribution in [0.2, 0.25) is 0 Å². The van der Waals surface area contributed by atoms with Crippen LogP contribution in [0.3, 0.4) is 0 Å². The summed E-state index contributed by atoms with van der Waals surface area (Å²) in [4.78, 5) is 0. The molecule has 0 bridgehead atoms. The van der Waals surface area contributed by atoms with Crippen LogP contribution in [0.4, 0.5) is 0 Å². The van der Waals surface area contributed by atoms with Crippen LogP contribution in [0, 0.1) is 11.3 Å². The van der Waals surface area contributed by atoms with Gasteiger partial charge in [-0.05, 0) is 49.9 Å². The van der Waals surface area contributed by atoms with Gasteiger partial charge in [-0.15, -0.1) is 0 Å². The molecule has 0 atom stereocenters. The van der Waals surface area contributed by atoms with E-state index >= 15 is 0 Å². The summed E-state index contributed by atoms with van der Waals surface area (Å²) in [5.74, 6) is 1.30. The molecule has 2 N–H and O–H groups in total. The van der Waals surface area contributed by atoms with E-state index in [1.807, 2.05) is 0 Å². The average Bonchev–Trinajstić information content (AvgIpc) is 2.28. The third-order valence-corrected chi connectivity index (χ3v) is 6.57. The molecule has 0 unspecified atom stereocenters. The molecule has 3 nitrogen and oxygen atoms in total. The van der Waals surface area contributed by atoms with E-state index in [9.17, 15) is 8.42 Å². The molecule has 0 aromatic carbocycles. The van der Waals surface area contributed by atoms with E-state index < -0.39 is 9.84 Å². The van der Waals surface area contributed by atoms with Gasteiger partial charge < -0.3 is 5.73 Å². The smallest absolute Gasteiger partial charge is 0.150 e. The Balaban J connectivity index is 2.40. The lowest BCUT2D eigenvalue weighted by Crippen LogP contribution is -2.45. The molecule has 114 valence electrons. The van der Waals surface area contributed by atoms with Gasteiger partial charge in [-0.1, -0.05) is 27.7 Å². The minimum Gasteiger partial charge on any atom is -0.325 e. The van der Waals surface area contributed by atoms with Crippen LogP contribution in [-0.2, 0) is 9.84 Å². The lowest BCUT2D eigenvalue weighted by Gasteiger charge is -2.42. The van der Waals surface area contributed by atoms with Gasteiger partial charge in [0.1, 0.15) is 9.84 Å². The molecular weight excluding hydrogens is 258 g/mol. The van der Waals surface area contributed by atoms with Crippen LogP contribution in [0.25, 0.3) is 0 Å². The number of rotatable bonds is 5. The zero-order valence-electron chi connectivity index (χ0n) is 13.0. The average molecular weight is 289 g/mol. The van der Waals surface area contributed by atoms with Crippen molar-refractivity contribution in [2.75, 3.05) is 11.5 Å². The van der Waals surface area contributed by atoms with E-state index in [0.29, 0.717) is 17.6 Å². The van der Waals surface area contributed by atoms with Gasteiger partial charge in [-0.25, -0.2) is 8.42 Å². The molecule has 0 aromatic rings. The first-order chi connectivity index (χ1) is 8.58. The highest BCUT2D eigenvalue weighted by Crippen LogP contribution is 2.41. The second-order valence-corrected chi connectivity index (χ2v) is 9.82. The molecular formula is C15H31NO2S. The normalized spacial score (nSPS) is 29.4. The first-order valence-corrected chi connectivity index (χ1v) is 9.39. The predicted octanol–water partition coefficient (Wildman–Crippen LogP) is 3.14. The zero-order valence-corrected chi connectivity index (χ0v) is 13.9. The van der Waals surface area contributed by atoms with Gasteiger partial charge in [0.05, 0.1) is 5.75 Å². The molecule has 1 aliphatic rings. The second kappa shape index (κ2) is 6.13. The molecule has 1 saturated carbocycles. The molecule has 0 spiro atoms. The van der Waals surface area contributed by atoms with Gasteiger partial charge in [0.25, 0.3) is 0 Å². The van der Waals surface area contributed by atoms with Crippen molar-refractivity contribution in [3.8, 4) is 0 Å². The maximum atomic E-state index is 11.5. The fourth-order valence-corrected chi connectivity index (χ4v) is 3.97. The molecule has 1 fully saturated rings. The van der Waals surface area contributed by atoms with Gasteiger partial charge in [0.2, 0.25) is 0 Å². The summed E-state index contributed by atoms with van der Waals surface area (Å²) in [6.07, 6.45) is 6.01. The Labute approximate surface area is 119 Å². The highest BCUT2D eigenvalue weighted by atomic mass is 32.2. The molecule has 1 aliphatic carbocycles. The summed E-state index contributed by atoms with van der Waals surface area (Å²) in [6.45, 7) is 8.61. The first kappa shape index (κ1) is 17.0. The second-order valence-electron chi connectivity index (χ2n) is 7.34. The van der Waals surface area contributed by atoms with E-state index in [1.165, 1.54) is 12.8 Å².